The highest BCUT2D eigenvalue weighted by Crippen LogP contribution is 2.42. The van der Waals surface area contributed by atoms with Crippen molar-refractivity contribution in [1.29, 1.82) is 0 Å². The number of fused-ring (bicyclic) bond motifs is 2. The third kappa shape index (κ3) is 2.69. The monoisotopic (exact) mass is 403 g/mol. The maximum atomic E-state index is 12.7. The molecule has 0 amide bonds. The SMILES string of the molecule is COc1ccc([C@@H]2c3c(-c4ccccc4)n[nH]c(=O)c3Nc3nnnn32)cc1OC. The number of anilines is 2. The molecule has 1 atom stereocenters. The number of hydrogen-bond acceptors (Lipinski definition) is 8. The van der Waals surface area contributed by atoms with Crippen LogP contribution in [0.4, 0.5) is 11.6 Å². The molecular formula is C20H17N7O3. The van der Waals surface area contributed by atoms with Crippen molar-refractivity contribution >= 4 is 11.6 Å². The van der Waals surface area contributed by atoms with Gasteiger partial charge in [-0.1, -0.05) is 41.5 Å². The average Bonchev–Trinajstić information content (AvgIpc) is 3.26. The van der Waals surface area contributed by atoms with Crippen LogP contribution in [0.25, 0.3) is 11.3 Å². The number of ether oxygens (including phenoxy) is 2. The van der Waals surface area contributed by atoms with E-state index >= 15 is 0 Å². The van der Waals surface area contributed by atoms with Crippen LogP contribution >= 0.6 is 0 Å². The van der Waals surface area contributed by atoms with Gasteiger partial charge in [0.2, 0.25) is 5.95 Å². The summed E-state index contributed by atoms with van der Waals surface area (Å²) >= 11 is 0. The minimum Gasteiger partial charge on any atom is -0.493 e. The van der Waals surface area contributed by atoms with Crippen LogP contribution in [0.15, 0.2) is 53.3 Å². The zero-order valence-electron chi connectivity index (χ0n) is 16.2. The molecule has 0 aliphatic carbocycles. The number of H-pyrrole nitrogens is 1. The first-order valence-corrected chi connectivity index (χ1v) is 9.16. The van der Waals surface area contributed by atoms with Crippen LogP contribution in [0, 0.1) is 0 Å². The average molecular weight is 403 g/mol. The standard InChI is InChI=1S/C20H17N7O3/c1-29-13-9-8-12(10-14(13)30-2)18-15-16(11-6-4-3-5-7-11)22-23-19(28)17(15)21-20-24-25-26-27(18)20/h3-10,18H,1-2H3,(H,23,28)(H,21,24,26)/t18-/m1/s1. The van der Waals surface area contributed by atoms with Gasteiger partial charge < -0.3 is 14.8 Å². The van der Waals surface area contributed by atoms with Crippen molar-refractivity contribution in [2.24, 2.45) is 0 Å². The molecular weight excluding hydrogens is 386 g/mol. The minimum absolute atomic E-state index is 0.353. The van der Waals surface area contributed by atoms with Crippen molar-refractivity contribution in [3.63, 3.8) is 0 Å². The number of aromatic nitrogens is 6. The Morgan fingerprint density at radius 2 is 1.83 bits per heavy atom. The summed E-state index contributed by atoms with van der Waals surface area (Å²) in [6.07, 6.45) is 0. The quantitative estimate of drug-likeness (QED) is 0.468. The number of rotatable bonds is 4. The highest BCUT2D eigenvalue weighted by Gasteiger charge is 2.34. The van der Waals surface area contributed by atoms with Gasteiger partial charge in [0.1, 0.15) is 11.7 Å². The van der Waals surface area contributed by atoms with Gasteiger partial charge in [-0.3, -0.25) is 4.79 Å². The molecule has 10 nitrogen and oxygen atoms in total. The Hall–Kier alpha value is -4.21. The number of methoxy groups -OCH3 is 2. The first-order valence-electron chi connectivity index (χ1n) is 9.16. The summed E-state index contributed by atoms with van der Waals surface area (Å²) < 4.78 is 12.5. The lowest BCUT2D eigenvalue weighted by molar-refractivity contribution is 0.354. The molecule has 0 unspecified atom stereocenters. The lowest BCUT2D eigenvalue weighted by Gasteiger charge is -2.28. The molecule has 0 bridgehead atoms. The van der Waals surface area contributed by atoms with Gasteiger partial charge in [0.15, 0.2) is 11.5 Å². The maximum Gasteiger partial charge on any atom is 0.288 e. The summed E-state index contributed by atoms with van der Waals surface area (Å²) in [7, 11) is 3.15. The van der Waals surface area contributed by atoms with E-state index in [1.54, 1.807) is 18.9 Å². The van der Waals surface area contributed by atoms with Crippen LogP contribution in [0.3, 0.4) is 0 Å². The van der Waals surface area contributed by atoms with Crippen LogP contribution < -0.4 is 20.3 Å². The van der Waals surface area contributed by atoms with E-state index in [4.69, 9.17) is 9.47 Å². The Balaban J connectivity index is 1.80. The lowest BCUT2D eigenvalue weighted by atomic mass is 9.92. The van der Waals surface area contributed by atoms with Crippen molar-refractivity contribution in [3.8, 4) is 22.8 Å². The molecule has 30 heavy (non-hydrogen) atoms. The number of benzene rings is 2. The van der Waals surface area contributed by atoms with E-state index < -0.39 is 6.04 Å². The molecule has 2 aromatic heterocycles. The molecule has 150 valence electrons. The van der Waals surface area contributed by atoms with Crippen LogP contribution in [0.2, 0.25) is 0 Å². The summed E-state index contributed by atoms with van der Waals surface area (Å²) in [6.45, 7) is 0. The van der Waals surface area contributed by atoms with Gasteiger partial charge in [-0.25, -0.2) is 5.10 Å². The van der Waals surface area contributed by atoms with E-state index in [9.17, 15) is 4.79 Å². The van der Waals surface area contributed by atoms with Crippen molar-refractivity contribution < 1.29 is 9.47 Å². The van der Waals surface area contributed by atoms with Crippen LogP contribution in [0.1, 0.15) is 17.2 Å². The fourth-order valence-corrected chi connectivity index (χ4v) is 3.68. The molecule has 0 spiro atoms. The predicted molar refractivity (Wildman–Crippen MR) is 108 cm³/mol. The molecule has 0 fully saturated rings. The van der Waals surface area contributed by atoms with E-state index in [1.807, 2.05) is 48.5 Å². The molecule has 1 aliphatic rings. The van der Waals surface area contributed by atoms with E-state index in [1.165, 1.54) is 0 Å². The van der Waals surface area contributed by atoms with Crippen molar-refractivity contribution in [3.05, 3.63) is 70.0 Å². The largest absolute Gasteiger partial charge is 0.493 e. The number of nitrogens with one attached hydrogen (secondary N) is 2. The first-order chi connectivity index (χ1) is 14.7. The van der Waals surface area contributed by atoms with E-state index in [0.29, 0.717) is 34.4 Å². The second kappa shape index (κ2) is 6.99. The number of tetrazole rings is 1. The minimum atomic E-state index is -0.504. The van der Waals surface area contributed by atoms with Crippen molar-refractivity contribution in [2.45, 2.75) is 6.04 Å². The normalized spacial score (nSPS) is 14.4. The molecule has 1 aliphatic heterocycles. The zero-order valence-corrected chi connectivity index (χ0v) is 16.2. The topological polar surface area (TPSA) is 120 Å². The van der Waals surface area contributed by atoms with Gasteiger partial charge in [-0.2, -0.15) is 9.78 Å². The Morgan fingerprint density at radius 1 is 1.03 bits per heavy atom. The number of nitrogens with zero attached hydrogens (tertiary/aromatic N) is 5. The second-order valence-corrected chi connectivity index (χ2v) is 6.65. The van der Waals surface area contributed by atoms with E-state index in [2.05, 4.69) is 31.0 Å². The third-order valence-electron chi connectivity index (χ3n) is 5.04. The van der Waals surface area contributed by atoms with E-state index in [0.717, 1.165) is 11.1 Å². The Labute approximate surface area is 170 Å². The molecule has 5 rings (SSSR count). The summed E-state index contributed by atoms with van der Waals surface area (Å²) in [5.74, 6) is 1.52. The molecule has 2 N–H and O–H groups in total. The predicted octanol–water partition coefficient (Wildman–Crippen LogP) is 2.14. The summed E-state index contributed by atoms with van der Waals surface area (Å²) in [5.41, 5.74) is 2.95. The molecule has 0 saturated heterocycles. The van der Waals surface area contributed by atoms with Gasteiger partial charge in [0, 0.05) is 11.1 Å². The summed E-state index contributed by atoms with van der Waals surface area (Å²) in [4.78, 5) is 12.7. The van der Waals surface area contributed by atoms with Gasteiger partial charge in [-0.15, -0.1) is 0 Å². The number of hydrogen-bond donors (Lipinski definition) is 2. The number of aromatic amines is 1. The lowest BCUT2D eigenvalue weighted by Crippen LogP contribution is -2.29. The molecule has 0 saturated carbocycles. The van der Waals surface area contributed by atoms with Gasteiger partial charge in [0.25, 0.3) is 5.56 Å². The molecule has 10 heteroatoms. The third-order valence-corrected chi connectivity index (χ3v) is 5.04. The van der Waals surface area contributed by atoms with Gasteiger partial charge in [0.05, 0.1) is 19.9 Å². The van der Waals surface area contributed by atoms with Crippen LogP contribution in [-0.2, 0) is 0 Å². The molecule has 3 heterocycles. The fraction of sp³-hybridized carbons (Fsp3) is 0.150. The van der Waals surface area contributed by atoms with Crippen LogP contribution in [0.5, 0.6) is 11.5 Å². The fourth-order valence-electron chi connectivity index (χ4n) is 3.68. The van der Waals surface area contributed by atoms with Crippen molar-refractivity contribution in [1.82, 2.24) is 30.4 Å². The highest BCUT2D eigenvalue weighted by atomic mass is 16.5. The molecule has 2 aromatic carbocycles. The van der Waals surface area contributed by atoms with Crippen molar-refractivity contribution in [2.75, 3.05) is 19.5 Å². The Bertz CT molecular complexity index is 1280. The zero-order chi connectivity index (χ0) is 20.7. The van der Waals surface area contributed by atoms with Crippen LogP contribution in [-0.4, -0.2) is 44.6 Å². The summed E-state index contributed by atoms with van der Waals surface area (Å²) in [6, 6.07) is 14.7. The van der Waals surface area contributed by atoms with E-state index in [-0.39, 0.29) is 5.56 Å². The Kier molecular flexibility index (Phi) is 4.16. The second-order valence-electron chi connectivity index (χ2n) is 6.65. The van der Waals surface area contributed by atoms with Gasteiger partial charge >= 0.3 is 0 Å². The summed E-state index contributed by atoms with van der Waals surface area (Å²) in [5, 5.41) is 21.9. The maximum absolute atomic E-state index is 12.7. The Morgan fingerprint density at radius 3 is 2.60 bits per heavy atom. The first kappa shape index (κ1) is 17.9. The van der Waals surface area contributed by atoms with Gasteiger partial charge in [-0.05, 0) is 28.1 Å². The molecule has 0 radical (unpaired) electrons. The highest BCUT2D eigenvalue weighted by molar-refractivity contribution is 5.75. The smallest absolute Gasteiger partial charge is 0.288 e. The molecule has 4 aromatic rings.